The molecule has 1 heterocycles. The van der Waals surface area contributed by atoms with Crippen LogP contribution >= 0.6 is 0 Å². The molecule has 0 aliphatic heterocycles. The molecule has 0 atom stereocenters. The highest BCUT2D eigenvalue weighted by Gasteiger charge is 1.99. The third kappa shape index (κ3) is 5.45. The summed E-state index contributed by atoms with van der Waals surface area (Å²) in [6.07, 6.45) is 5.81. The first kappa shape index (κ1) is 12.6. The number of hydrogen-bond acceptors (Lipinski definition) is 4. The topological polar surface area (TPSA) is 71.8 Å². The molecule has 0 saturated carbocycles. The van der Waals surface area contributed by atoms with Crippen molar-refractivity contribution in [2.75, 3.05) is 20.1 Å². The summed E-state index contributed by atoms with van der Waals surface area (Å²) in [5.41, 5.74) is 0. The molecule has 1 amide bonds. The van der Waals surface area contributed by atoms with E-state index in [-0.39, 0.29) is 5.91 Å². The van der Waals surface area contributed by atoms with Gasteiger partial charge in [-0.05, 0) is 26.4 Å². The Hall–Kier alpha value is -1.43. The van der Waals surface area contributed by atoms with Crippen molar-refractivity contribution in [2.24, 2.45) is 0 Å². The average molecular weight is 225 g/mol. The second-order valence-electron chi connectivity index (χ2n) is 3.58. The van der Waals surface area contributed by atoms with Gasteiger partial charge in [0.05, 0.1) is 6.20 Å². The lowest BCUT2D eigenvalue weighted by Crippen LogP contribution is -2.25. The maximum absolute atomic E-state index is 11.3. The zero-order valence-corrected chi connectivity index (χ0v) is 9.65. The molecule has 0 bridgehead atoms. The van der Waals surface area contributed by atoms with Gasteiger partial charge in [-0.15, -0.1) is 5.10 Å². The number of amides is 1. The van der Waals surface area contributed by atoms with Crippen LogP contribution in [0.25, 0.3) is 0 Å². The summed E-state index contributed by atoms with van der Waals surface area (Å²) < 4.78 is 1.76. The maximum Gasteiger partial charge on any atom is 0.220 e. The fourth-order valence-electron chi connectivity index (χ4n) is 1.33. The van der Waals surface area contributed by atoms with Crippen molar-refractivity contribution in [3.05, 3.63) is 12.4 Å². The minimum atomic E-state index is 0.119. The van der Waals surface area contributed by atoms with Gasteiger partial charge < -0.3 is 10.6 Å². The molecule has 0 saturated heterocycles. The fraction of sp³-hybridized carbons (Fsp3) is 0.700. The third-order valence-corrected chi connectivity index (χ3v) is 2.19. The summed E-state index contributed by atoms with van der Waals surface area (Å²) >= 11 is 0. The van der Waals surface area contributed by atoms with Crippen molar-refractivity contribution in [3.8, 4) is 0 Å². The van der Waals surface area contributed by atoms with E-state index in [4.69, 9.17) is 0 Å². The van der Waals surface area contributed by atoms with Crippen LogP contribution < -0.4 is 10.6 Å². The second kappa shape index (κ2) is 7.81. The minimum absolute atomic E-state index is 0.119. The van der Waals surface area contributed by atoms with E-state index in [1.807, 2.05) is 13.2 Å². The van der Waals surface area contributed by atoms with Gasteiger partial charge >= 0.3 is 0 Å². The maximum atomic E-state index is 11.3. The Labute approximate surface area is 95.4 Å². The zero-order chi connectivity index (χ0) is 11.6. The Balaban J connectivity index is 1.96. The SMILES string of the molecule is CNCCCC(=O)NCCCn1ccnn1. The van der Waals surface area contributed by atoms with E-state index in [0.29, 0.717) is 13.0 Å². The molecule has 1 aromatic heterocycles. The molecule has 90 valence electrons. The van der Waals surface area contributed by atoms with Gasteiger partial charge in [-0.2, -0.15) is 0 Å². The molecule has 0 aromatic carbocycles. The molecule has 1 rings (SSSR count). The van der Waals surface area contributed by atoms with Crippen molar-refractivity contribution in [1.29, 1.82) is 0 Å². The number of aromatic nitrogens is 3. The van der Waals surface area contributed by atoms with Crippen LogP contribution in [0.5, 0.6) is 0 Å². The van der Waals surface area contributed by atoms with E-state index in [2.05, 4.69) is 20.9 Å². The molecule has 0 fully saturated rings. The van der Waals surface area contributed by atoms with Crippen LogP contribution in [-0.4, -0.2) is 41.0 Å². The monoisotopic (exact) mass is 225 g/mol. The highest BCUT2D eigenvalue weighted by atomic mass is 16.1. The van der Waals surface area contributed by atoms with Crippen LogP contribution in [0.1, 0.15) is 19.3 Å². The summed E-state index contributed by atoms with van der Waals surface area (Å²) in [4.78, 5) is 11.3. The molecule has 0 unspecified atom stereocenters. The van der Waals surface area contributed by atoms with Gasteiger partial charge in [-0.3, -0.25) is 9.48 Å². The van der Waals surface area contributed by atoms with Crippen LogP contribution in [0.2, 0.25) is 0 Å². The molecule has 16 heavy (non-hydrogen) atoms. The molecule has 0 aliphatic carbocycles. The van der Waals surface area contributed by atoms with E-state index in [0.717, 1.165) is 25.9 Å². The lowest BCUT2D eigenvalue weighted by molar-refractivity contribution is -0.121. The van der Waals surface area contributed by atoms with Crippen molar-refractivity contribution >= 4 is 5.91 Å². The standard InChI is InChI=1S/C10H19N5O/c1-11-5-2-4-10(16)12-6-3-8-15-9-7-13-14-15/h7,9,11H,2-6,8H2,1H3,(H,12,16). The normalized spacial score (nSPS) is 10.3. The Bertz CT molecular complexity index is 285. The molecule has 1 aromatic rings. The summed E-state index contributed by atoms with van der Waals surface area (Å²) in [6, 6.07) is 0. The lowest BCUT2D eigenvalue weighted by atomic mass is 10.3. The number of nitrogens with one attached hydrogen (secondary N) is 2. The minimum Gasteiger partial charge on any atom is -0.356 e. The first-order valence-corrected chi connectivity index (χ1v) is 5.58. The number of carbonyl (C=O) groups is 1. The number of rotatable bonds is 8. The van der Waals surface area contributed by atoms with Crippen LogP contribution in [0.4, 0.5) is 0 Å². The van der Waals surface area contributed by atoms with Gasteiger partial charge in [0.15, 0.2) is 0 Å². The van der Waals surface area contributed by atoms with Crippen LogP contribution in [0.15, 0.2) is 12.4 Å². The molecule has 2 N–H and O–H groups in total. The lowest BCUT2D eigenvalue weighted by Gasteiger charge is -2.04. The number of hydrogen-bond donors (Lipinski definition) is 2. The van der Waals surface area contributed by atoms with Crippen molar-refractivity contribution in [3.63, 3.8) is 0 Å². The van der Waals surface area contributed by atoms with E-state index >= 15 is 0 Å². The Morgan fingerprint density at radius 2 is 2.25 bits per heavy atom. The first-order valence-electron chi connectivity index (χ1n) is 5.58. The summed E-state index contributed by atoms with van der Waals surface area (Å²) in [6.45, 7) is 2.36. The van der Waals surface area contributed by atoms with Gasteiger partial charge in [-0.25, -0.2) is 0 Å². The molecule has 0 spiro atoms. The predicted octanol–water partition coefficient (Wildman–Crippen LogP) is -0.216. The van der Waals surface area contributed by atoms with E-state index in [9.17, 15) is 4.79 Å². The molecule has 6 heteroatoms. The summed E-state index contributed by atoms with van der Waals surface area (Å²) in [7, 11) is 1.88. The number of carbonyl (C=O) groups excluding carboxylic acids is 1. The molecular formula is C10H19N5O. The quantitative estimate of drug-likeness (QED) is 0.600. The Morgan fingerprint density at radius 3 is 2.94 bits per heavy atom. The van der Waals surface area contributed by atoms with Gasteiger partial charge in [0.1, 0.15) is 0 Å². The number of aryl methyl sites for hydroxylation is 1. The van der Waals surface area contributed by atoms with Gasteiger partial charge in [-0.1, -0.05) is 5.21 Å². The Morgan fingerprint density at radius 1 is 1.38 bits per heavy atom. The molecular weight excluding hydrogens is 206 g/mol. The summed E-state index contributed by atoms with van der Waals surface area (Å²) in [5.74, 6) is 0.119. The summed E-state index contributed by atoms with van der Waals surface area (Å²) in [5, 5.41) is 13.4. The van der Waals surface area contributed by atoms with Crippen molar-refractivity contribution in [1.82, 2.24) is 25.6 Å². The molecule has 0 radical (unpaired) electrons. The zero-order valence-electron chi connectivity index (χ0n) is 9.65. The van der Waals surface area contributed by atoms with E-state index < -0.39 is 0 Å². The fourth-order valence-corrected chi connectivity index (χ4v) is 1.33. The smallest absolute Gasteiger partial charge is 0.220 e. The molecule has 6 nitrogen and oxygen atoms in total. The predicted molar refractivity (Wildman–Crippen MR) is 60.8 cm³/mol. The van der Waals surface area contributed by atoms with E-state index in [1.165, 1.54) is 0 Å². The van der Waals surface area contributed by atoms with Crippen molar-refractivity contribution in [2.45, 2.75) is 25.8 Å². The number of nitrogens with zero attached hydrogens (tertiary/aromatic N) is 3. The highest BCUT2D eigenvalue weighted by molar-refractivity contribution is 5.75. The average Bonchev–Trinajstić information content (AvgIpc) is 2.78. The molecule has 0 aliphatic rings. The first-order chi connectivity index (χ1) is 7.83. The van der Waals surface area contributed by atoms with Gasteiger partial charge in [0.2, 0.25) is 5.91 Å². The van der Waals surface area contributed by atoms with Crippen LogP contribution in [0, 0.1) is 0 Å². The van der Waals surface area contributed by atoms with Crippen LogP contribution in [-0.2, 0) is 11.3 Å². The van der Waals surface area contributed by atoms with Gasteiger partial charge in [0.25, 0.3) is 0 Å². The van der Waals surface area contributed by atoms with Crippen LogP contribution in [0.3, 0.4) is 0 Å². The van der Waals surface area contributed by atoms with Gasteiger partial charge in [0, 0.05) is 25.7 Å². The third-order valence-electron chi connectivity index (χ3n) is 2.19. The Kier molecular flexibility index (Phi) is 6.17. The van der Waals surface area contributed by atoms with E-state index in [1.54, 1.807) is 10.9 Å². The largest absolute Gasteiger partial charge is 0.356 e. The van der Waals surface area contributed by atoms with Crippen molar-refractivity contribution < 1.29 is 4.79 Å². The highest BCUT2D eigenvalue weighted by Crippen LogP contribution is 1.89. The second-order valence-corrected chi connectivity index (χ2v) is 3.58.